The molecule has 2 aromatic carbocycles. The Labute approximate surface area is 202 Å². The fourth-order valence-corrected chi connectivity index (χ4v) is 5.61. The molecule has 176 valence electrons. The topological polar surface area (TPSA) is 78.7 Å². The van der Waals surface area contributed by atoms with Gasteiger partial charge in [0.1, 0.15) is 0 Å². The summed E-state index contributed by atoms with van der Waals surface area (Å²) < 4.78 is 3.10. The molecule has 8 heteroatoms. The highest BCUT2D eigenvalue weighted by Crippen LogP contribution is 2.30. The van der Waals surface area contributed by atoms with E-state index in [-0.39, 0.29) is 11.8 Å². The van der Waals surface area contributed by atoms with Gasteiger partial charge in [-0.2, -0.15) is 0 Å². The van der Waals surface area contributed by atoms with Crippen LogP contribution in [-0.2, 0) is 0 Å². The molecule has 7 nitrogen and oxygen atoms in total. The minimum Gasteiger partial charge on any atom is -0.355 e. The molecule has 0 unspecified atom stereocenters. The molecule has 2 aromatic heterocycles. The van der Waals surface area contributed by atoms with Crippen LogP contribution < -0.4 is 10.6 Å². The Morgan fingerprint density at radius 3 is 2.50 bits per heavy atom. The van der Waals surface area contributed by atoms with Crippen LogP contribution in [0.5, 0.6) is 0 Å². The number of hydrogen-bond donors (Lipinski definition) is 2. The smallest absolute Gasteiger partial charge is 0.251 e. The molecule has 0 radical (unpaired) electrons. The third-order valence-corrected chi connectivity index (χ3v) is 7.75. The molecule has 1 aliphatic heterocycles. The highest BCUT2D eigenvalue weighted by atomic mass is 32.1. The summed E-state index contributed by atoms with van der Waals surface area (Å²) >= 11 is 1.57. The lowest BCUT2D eigenvalue weighted by Crippen LogP contribution is -2.38. The van der Waals surface area contributed by atoms with E-state index in [1.807, 2.05) is 36.5 Å². The zero-order valence-electron chi connectivity index (χ0n) is 19.5. The highest BCUT2D eigenvalue weighted by molar-refractivity contribution is 7.23. The number of benzene rings is 2. The second-order valence-corrected chi connectivity index (χ2v) is 9.82. The number of piperidine rings is 1. The average Bonchev–Trinajstić information content (AvgIpc) is 3.45. The second kappa shape index (κ2) is 9.56. The lowest BCUT2D eigenvalue weighted by atomic mass is 9.97. The maximum atomic E-state index is 12.8. The minimum absolute atomic E-state index is 0.0113. The van der Waals surface area contributed by atoms with Crippen molar-refractivity contribution >= 4 is 38.3 Å². The predicted octanol–water partition coefficient (Wildman–Crippen LogP) is 4.04. The number of aromatic nitrogens is 2. The first-order valence-corrected chi connectivity index (χ1v) is 12.6. The fraction of sp³-hybridized carbons (Fsp3) is 0.346. The number of nitrogens with zero attached hydrogens (tertiary/aromatic N) is 3. The van der Waals surface area contributed by atoms with Crippen molar-refractivity contribution in [2.24, 2.45) is 5.92 Å². The van der Waals surface area contributed by atoms with E-state index in [1.54, 1.807) is 30.5 Å². The second-order valence-electron chi connectivity index (χ2n) is 8.81. The van der Waals surface area contributed by atoms with E-state index in [1.165, 1.54) is 0 Å². The van der Waals surface area contributed by atoms with Crippen molar-refractivity contribution in [3.8, 4) is 11.3 Å². The van der Waals surface area contributed by atoms with Crippen LogP contribution >= 0.6 is 11.3 Å². The number of nitrogens with one attached hydrogen (secondary N) is 2. The van der Waals surface area contributed by atoms with Gasteiger partial charge in [0.25, 0.3) is 11.8 Å². The summed E-state index contributed by atoms with van der Waals surface area (Å²) in [5.41, 5.74) is 4.15. The monoisotopic (exact) mass is 475 g/mol. The molecule has 1 aliphatic rings. The number of likely N-dealkylation sites (tertiary alicyclic amines) is 1. The third-order valence-electron chi connectivity index (χ3n) is 6.73. The quantitative estimate of drug-likeness (QED) is 0.441. The number of hydrogen-bond acceptors (Lipinski definition) is 5. The normalized spacial score (nSPS) is 15.1. The Morgan fingerprint density at radius 1 is 1.06 bits per heavy atom. The molecular weight excluding hydrogens is 446 g/mol. The first-order chi connectivity index (χ1) is 16.6. The van der Waals surface area contributed by atoms with E-state index in [2.05, 4.69) is 26.9 Å². The van der Waals surface area contributed by atoms with Crippen LogP contribution in [0.15, 0.2) is 48.7 Å². The van der Waals surface area contributed by atoms with Crippen molar-refractivity contribution in [1.29, 1.82) is 0 Å². The Morgan fingerprint density at radius 2 is 1.79 bits per heavy atom. The number of imidazole rings is 1. The molecule has 4 aromatic rings. The lowest BCUT2D eigenvalue weighted by Gasteiger charge is -2.31. The summed E-state index contributed by atoms with van der Waals surface area (Å²) in [6.07, 6.45) is 4.30. The number of carbonyl (C=O) groups is 2. The van der Waals surface area contributed by atoms with Crippen LogP contribution in [0.25, 0.3) is 26.4 Å². The van der Waals surface area contributed by atoms with E-state index in [0.29, 0.717) is 17.0 Å². The van der Waals surface area contributed by atoms with Gasteiger partial charge in [-0.1, -0.05) is 30.4 Å². The molecule has 2 amide bonds. The number of thiazole rings is 1. The standard InChI is InChI=1S/C26H29N5O2S/c1-3-30-12-10-17(11-13-30)15-28-25(33)20-8-9-22-23(14-20)34-26-29-21(16-31(22)26)18-4-6-19(7-5-18)24(32)27-2/h4-9,14,16-17H,3,10-13,15H2,1-2H3,(H,27,32)(H,28,33). The van der Waals surface area contributed by atoms with E-state index in [4.69, 9.17) is 4.98 Å². The molecule has 3 heterocycles. The summed E-state index contributed by atoms with van der Waals surface area (Å²) in [5, 5.41) is 5.77. The molecule has 1 fully saturated rings. The molecular formula is C26H29N5O2S. The summed E-state index contributed by atoms with van der Waals surface area (Å²) in [6.45, 7) is 6.29. The van der Waals surface area contributed by atoms with Crippen LogP contribution in [0.3, 0.4) is 0 Å². The van der Waals surface area contributed by atoms with Gasteiger partial charge in [-0.15, -0.1) is 0 Å². The molecule has 1 saturated heterocycles. The Balaban J connectivity index is 1.29. The van der Waals surface area contributed by atoms with E-state index in [0.717, 1.165) is 65.5 Å². The molecule has 5 rings (SSSR count). The van der Waals surface area contributed by atoms with Gasteiger partial charge in [0.15, 0.2) is 4.96 Å². The van der Waals surface area contributed by atoms with Crippen molar-refractivity contribution in [3.63, 3.8) is 0 Å². The molecule has 0 aliphatic carbocycles. The summed E-state index contributed by atoms with van der Waals surface area (Å²) in [7, 11) is 1.62. The summed E-state index contributed by atoms with van der Waals surface area (Å²) in [5.74, 6) is 0.442. The maximum Gasteiger partial charge on any atom is 0.251 e. The Hall–Kier alpha value is -3.23. The van der Waals surface area contributed by atoms with Gasteiger partial charge in [-0.25, -0.2) is 4.98 Å². The molecule has 2 N–H and O–H groups in total. The number of rotatable bonds is 6. The van der Waals surface area contributed by atoms with Gasteiger partial charge < -0.3 is 15.5 Å². The summed E-state index contributed by atoms with van der Waals surface area (Å²) in [6, 6.07) is 13.3. The van der Waals surface area contributed by atoms with E-state index in [9.17, 15) is 9.59 Å². The zero-order chi connectivity index (χ0) is 23.7. The molecule has 0 saturated carbocycles. The first-order valence-electron chi connectivity index (χ1n) is 11.8. The van der Waals surface area contributed by atoms with E-state index < -0.39 is 0 Å². The van der Waals surface area contributed by atoms with Crippen molar-refractivity contribution in [3.05, 3.63) is 59.8 Å². The van der Waals surface area contributed by atoms with Gasteiger partial charge >= 0.3 is 0 Å². The fourth-order valence-electron chi connectivity index (χ4n) is 4.56. The average molecular weight is 476 g/mol. The van der Waals surface area contributed by atoms with Crippen LogP contribution in [-0.4, -0.2) is 59.3 Å². The largest absolute Gasteiger partial charge is 0.355 e. The lowest BCUT2D eigenvalue weighted by molar-refractivity contribution is 0.0935. The van der Waals surface area contributed by atoms with Gasteiger partial charge in [-0.05, 0) is 68.7 Å². The SMILES string of the molecule is CCN1CCC(CNC(=O)c2ccc3c(c2)sc2nc(-c4ccc(C(=O)NC)cc4)cn23)CC1. The van der Waals surface area contributed by atoms with Crippen molar-refractivity contribution in [2.75, 3.05) is 33.2 Å². The predicted molar refractivity (Wildman–Crippen MR) is 137 cm³/mol. The number of carbonyl (C=O) groups excluding carboxylic acids is 2. The van der Waals surface area contributed by atoms with Crippen molar-refractivity contribution in [1.82, 2.24) is 24.9 Å². The molecule has 0 bridgehead atoms. The van der Waals surface area contributed by atoms with Crippen LogP contribution in [0.4, 0.5) is 0 Å². The summed E-state index contributed by atoms with van der Waals surface area (Å²) in [4.78, 5) is 32.7. The molecule has 34 heavy (non-hydrogen) atoms. The van der Waals surface area contributed by atoms with Crippen molar-refractivity contribution < 1.29 is 9.59 Å². The Bertz CT molecular complexity index is 1330. The van der Waals surface area contributed by atoms with Crippen LogP contribution in [0.2, 0.25) is 0 Å². The minimum atomic E-state index is -0.106. The molecule has 0 spiro atoms. The first kappa shape index (κ1) is 22.6. The van der Waals surface area contributed by atoms with Gasteiger partial charge in [-0.3, -0.25) is 14.0 Å². The van der Waals surface area contributed by atoms with Gasteiger partial charge in [0.05, 0.1) is 15.9 Å². The van der Waals surface area contributed by atoms with Crippen molar-refractivity contribution in [2.45, 2.75) is 19.8 Å². The number of fused-ring (bicyclic) bond motifs is 3. The zero-order valence-corrected chi connectivity index (χ0v) is 20.3. The third kappa shape index (κ3) is 4.43. The Kier molecular flexibility index (Phi) is 6.34. The van der Waals surface area contributed by atoms with Crippen LogP contribution in [0, 0.1) is 5.92 Å². The maximum absolute atomic E-state index is 12.8. The highest BCUT2D eigenvalue weighted by Gasteiger charge is 2.19. The van der Waals surface area contributed by atoms with Gasteiger partial charge in [0, 0.05) is 36.5 Å². The van der Waals surface area contributed by atoms with E-state index >= 15 is 0 Å². The number of amides is 2. The van der Waals surface area contributed by atoms with Crippen LogP contribution in [0.1, 0.15) is 40.5 Å². The van der Waals surface area contributed by atoms with Gasteiger partial charge in [0.2, 0.25) is 0 Å². The molecule has 0 atom stereocenters.